The van der Waals surface area contributed by atoms with Crippen LogP contribution < -0.4 is 11.0 Å². The SMILES string of the molecule is O=c1nc(C2CCCCC2)c2c([nH]1)CNC2. The van der Waals surface area contributed by atoms with Crippen LogP contribution in [-0.4, -0.2) is 9.97 Å². The minimum atomic E-state index is -0.178. The smallest absolute Gasteiger partial charge is 0.308 e. The lowest BCUT2D eigenvalue weighted by atomic mass is 9.85. The van der Waals surface area contributed by atoms with E-state index in [1.807, 2.05) is 0 Å². The third-order valence-corrected chi connectivity index (χ3v) is 3.75. The quantitative estimate of drug-likeness (QED) is 0.751. The first-order valence-corrected chi connectivity index (χ1v) is 6.17. The molecule has 4 nitrogen and oxygen atoms in total. The van der Waals surface area contributed by atoms with Crippen LogP contribution in [0.15, 0.2) is 4.79 Å². The predicted molar refractivity (Wildman–Crippen MR) is 61.2 cm³/mol. The van der Waals surface area contributed by atoms with Crippen LogP contribution in [-0.2, 0) is 13.1 Å². The van der Waals surface area contributed by atoms with Gasteiger partial charge in [0.2, 0.25) is 0 Å². The Morgan fingerprint density at radius 3 is 2.75 bits per heavy atom. The van der Waals surface area contributed by atoms with Crippen molar-refractivity contribution in [1.29, 1.82) is 0 Å². The van der Waals surface area contributed by atoms with E-state index in [1.165, 1.54) is 37.7 Å². The highest BCUT2D eigenvalue weighted by molar-refractivity contribution is 5.30. The lowest BCUT2D eigenvalue weighted by Crippen LogP contribution is -2.20. The van der Waals surface area contributed by atoms with Crippen LogP contribution in [0.25, 0.3) is 0 Å². The Balaban J connectivity index is 2.02. The van der Waals surface area contributed by atoms with Crippen LogP contribution >= 0.6 is 0 Å². The fraction of sp³-hybridized carbons (Fsp3) is 0.667. The Morgan fingerprint density at radius 2 is 1.94 bits per heavy atom. The van der Waals surface area contributed by atoms with Gasteiger partial charge in [0.15, 0.2) is 0 Å². The minimum Gasteiger partial charge on any atom is -0.308 e. The van der Waals surface area contributed by atoms with Crippen molar-refractivity contribution in [2.45, 2.75) is 51.1 Å². The molecule has 0 atom stereocenters. The molecule has 4 heteroatoms. The van der Waals surface area contributed by atoms with Gasteiger partial charge in [-0.15, -0.1) is 0 Å². The summed E-state index contributed by atoms with van der Waals surface area (Å²) in [5.41, 5.74) is 3.21. The molecule has 86 valence electrons. The average molecular weight is 219 g/mol. The highest BCUT2D eigenvalue weighted by atomic mass is 16.1. The van der Waals surface area contributed by atoms with Crippen molar-refractivity contribution in [2.75, 3.05) is 0 Å². The van der Waals surface area contributed by atoms with E-state index in [2.05, 4.69) is 15.3 Å². The van der Waals surface area contributed by atoms with Gasteiger partial charge in [0.1, 0.15) is 0 Å². The number of H-pyrrole nitrogens is 1. The first-order valence-electron chi connectivity index (χ1n) is 6.17. The molecule has 1 fully saturated rings. The fourth-order valence-electron chi connectivity index (χ4n) is 2.94. The molecule has 1 aromatic heterocycles. The molecular weight excluding hydrogens is 202 g/mol. The summed E-state index contributed by atoms with van der Waals surface area (Å²) in [6.45, 7) is 1.65. The van der Waals surface area contributed by atoms with E-state index in [1.54, 1.807) is 0 Å². The van der Waals surface area contributed by atoms with Gasteiger partial charge < -0.3 is 10.3 Å². The number of fused-ring (bicyclic) bond motifs is 1. The number of hydrogen-bond acceptors (Lipinski definition) is 3. The zero-order chi connectivity index (χ0) is 11.0. The maximum atomic E-state index is 11.5. The highest BCUT2D eigenvalue weighted by Crippen LogP contribution is 2.34. The minimum absolute atomic E-state index is 0.178. The summed E-state index contributed by atoms with van der Waals surface area (Å²) in [6.07, 6.45) is 6.29. The lowest BCUT2D eigenvalue weighted by molar-refractivity contribution is 0.433. The summed E-state index contributed by atoms with van der Waals surface area (Å²) in [6, 6.07) is 0. The molecule has 2 aliphatic rings. The summed E-state index contributed by atoms with van der Waals surface area (Å²) < 4.78 is 0. The Kier molecular flexibility index (Phi) is 2.52. The Bertz CT molecular complexity index is 446. The molecule has 0 spiro atoms. The van der Waals surface area contributed by atoms with E-state index >= 15 is 0 Å². The lowest BCUT2D eigenvalue weighted by Gasteiger charge is -2.22. The van der Waals surface area contributed by atoms with Gasteiger partial charge in [0.05, 0.1) is 5.69 Å². The van der Waals surface area contributed by atoms with Gasteiger partial charge in [0.25, 0.3) is 0 Å². The van der Waals surface area contributed by atoms with Crippen molar-refractivity contribution in [3.63, 3.8) is 0 Å². The van der Waals surface area contributed by atoms with Crippen molar-refractivity contribution in [2.24, 2.45) is 0 Å². The molecule has 1 saturated carbocycles. The highest BCUT2D eigenvalue weighted by Gasteiger charge is 2.24. The van der Waals surface area contributed by atoms with Gasteiger partial charge in [-0.3, -0.25) is 0 Å². The first-order chi connectivity index (χ1) is 7.84. The van der Waals surface area contributed by atoms with Crippen LogP contribution in [0.3, 0.4) is 0 Å². The third kappa shape index (κ3) is 1.67. The summed E-state index contributed by atoms with van der Waals surface area (Å²) in [5.74, 6) is 0.518. The standard InChI is InChI=1S/C12H17N3O/c16-12-14-10-7-13-6-9(10)11(15-12)8-4-2-1-3-5-8/h8,13H,1-7H2,(H,14,15,16). The summed E-state index contributed by atoms with van der Waals surface area (Å²) in [7, 11) is 0. The molecule has 0 amide bonds. The topological polar surface area (TPSA) is 57.8 Å². The summed E-state index contributed by atoms with van der Waals surface area (Å²) in [4.78, 5) is 18.6. The molecule has 2 heterocycles. The molecule has 2 N–H and O–H groups in total. The zero-order valence-corrected chi connectivity index (χ0v) is 9.38. The first kappa shape index (κ1) is 10.0. The molecule has 1 aliphatic carbocycles. The maximum absolute atomic E-state index is 11.5. The van der Waals surface area contributed by atoms with Crippen LogP contribution in [0.1, 0.15) is 55.0 Å². The van der Waals surface area contributed by atoms with Crippen molar-refractivity contribution in [3.8, 4) is 0 Å². The molecule has 0 saturated heterocycles. The van der Waals surface area contributed by atoms with E-state index in [4.69, 9.17) is 0 Å². The third-order valence-electron chi connectivity index (χ3n) is 3.75. The normalized spacial score (nSPS) is 21.0. The second-order valence-electron chi connectivity index (χ2n) is 4.82. The van der Waals surface area contributed by atoms with Crippen LogP contribution in [0, 0.1) is 0 Å². The maximum Gasteiger partial charge on any atom is 0.345 e. The van der Waals surface area contributed by atoms with Gasteiger partial charge in [-0.1, -0.05) is 19.3 Å². The van der Waals surface area contributed by atoms with Crippen molar-refractivity contribution in [1.82, 2.24) is 15.3 Å². The molecule has 0 aromatic carbocycles. The van der Waals surface area contributed by atoms with Crippen LogP contribution in [0.2, 0.25) is 0 Å². The molecule has 3 rings (SSSR count). The Labute approximate surface area is 94.5 Å². The monoisotopic (exact) mass is 219 g/mol. The number of nitrogens with zero attached hydrogens (tertiary/aromatic N) is 1. The second kappa shape index (κ2) is 4.01. The fourth-order valence-corrected chi connectivity index (χ4v) is 2.94. The molecule has 0 unspecified atom stereocenters. The molecule has 16 heavy (non-hydrogen) atoms. The van der Waals surface area contributed by atoms with E-state index in [-0.39, 0.29) is 5.69 Å². The van der Waals surface area contributed by atoms with E-state index in [9.17, 15) is 4.79 Å². The predicted octanol–water partition coefficient (Wildman–Crippen LogP) is 1.42. The van der Waals surface area contributed by atoms with Gasteiger partial charge in [-0.25, -0.2) is 4.79 Å². The molecule has 1 aliphatic heterocycles. The number of rotatable bonds is 1. The number of aromatic amines is 1. The van der Waals surface area contributed by atoms with Crippen LogP contribution in [0.5, 0.6) is 0 Å². The Hall–Kier alpha value is -1.16. The van der Waals surface area contributed by atoms with Gasteiger partial charge >= 0.3 is 5.69 Å². The molecular formula is C12H17N3O. The van der Waals surface area contributed by atoms with Crippen molar-refractivity contribution in [3.05, 3.63) is 27.4 Å². The zero-order valence-electron chi connectivity index (χ0n) is 9.38. The molecule has 0 bridgehead atoms. The van der Waals surface area contributed by atoms with Crippen molar-refractivity contribution < 1.29 is 0 Å². The van der Waals surface area contributed by atoms with Crippen molar-refractivity contribution >= 4 is 0 Å². The average Bonchev–Trinajstić information content (AvgIpc) is 2.77. The van der Waals surface area contributed by atoms with Gasteiger partial charge in [-0.2, -0.15) is 4.98 Å². The van der Waals surface area contributed by atoms with Gasteiger partial charge in [0, 0.05) is 30.3 Å². The molecule has 0 radical (unpaired) electrons. The number of aromatic nitrogens is 2. The summed E-state index contributed by atoms with van der Waals surface area (Å²) in [5, 5.41) is 3.28. The molecule has 1 aromatic rings. The van der Waals surface area contributed by atoms with Gasteiger partial charge in [-0.05, 0) is 12.8 Å². The van der Waals surface area contributed by atoms with Crippen LogP contribution in [0.4, 0.5) is 0 Å². The summed E-state index contributed by atoms with van der Waals surface area (Å²) >= 11 is 0. The van der Waals surface area contributed by atoms with E-state index in [0.29, 0.717) is 5.92 Å². The number of hydrogen-bond donors (Lipinski definition) is 2. The Morgan fingerprint density at radius 1 is 1.12 bits per heavy atom. The number of nitrogens with one attached hydrogen (secondary N) is 2. The van der Waals surface area contributed by atoms with E-state index in [0.717, 1.165) is 24.5 Å². The second-order valence-corrected chi connectivity index (χ2v) is 4.82. The largest absolute Gasteiger partial charge is 0.345 e. The van der Waals surface area contributed by atoms with E-state index < -0.39 is 0 Å².